The molecule has 0 bridgehead atoms. The van der Waals surface area contributed by atoms with Gasteiger partial charge < -0.3 is 8.85 Å². The Morgan fingerprint density at radius 3 is 1.93 bits per heavy atom. The number of rotatable bonds is 8. The fourth-order valence-corrected chi connectivity index (χ4v) is 11.0. The SMILES string of the molecule is Cc1ccc(C[C@H](C)[C@H]2CC[C@H]3/C(=C/C=C4C[C@@H](O[Si](C)(C)C(C)(C)C)C[C@H](O[Si](C)(C)C(C)(C)C)C4)CCC[C@]23C)cc1. The topological polar surface area (TPSA) is 18.5 Å². The van der Waals surface area contributed by atoms with Crippen LogP contribution in [-0.2, 0) is 15.3 Å². The lowest BCUT2D eigenvalue weighted by Crippen LogP contribution is -2.48. The van der Waals surface area contributed by atoms with Crippen LogP contribution in [-0.4, -0.2) is 28.8 Å². The van der Waals surface area contributed by atoms with Gasteiger partial charge in [0, 0.05) is 0 Å². The van der Waals surface area contributed by atoms with E-state index in [4.69, 9.17) is 8.85 Å². The maximum Gasteiger partial charge on any atom is 0.192 e. The van der Waals surface area contributed by atoms with Crippen LogP contribution in [0.15, 0.2) is 47.6 Å². The van der Waals surface area contributed by atoms with Crippen molar-refractivity contribution >= 4 is 16.6 Å². The van der Waals surface area contributed by atoms with Crippen LogP contribution >= 0.6 is 0 Å². The minimum atomic E-state index is -1.87. The molecule has 3 saturated carbocycles. The highest BCUT2D eigenvalue weighted by molar-refractivity contribution is 6.74. The van der Waals surface area contributed by atoms with Gasteiger partial charge in [-0.15, -0.1) is 0 Å². The Labute approximate surface area is 275 Å². The first kappa shape index (κ1) is 35.9. The average Bonchev–Trinajstić information content (AvgIpc) is 3.24. The van der Waals surface area contributed by atoms with E-state index in [1.807, 2.05) is 0 Å². The highest BCUT2D eigenvalue weighted by Crippen LogP contribution is 2.59. The van der Waals surface area contributed by atoms with E-state index in [0.29, 0.717) is 5.41 Å². The summed E-state index contributed by atoms with van der Waals surface area (Å²) in [5.74, 6) is 2.27. The van der Waals surface area contributed by atoms with Gasteiger partial charge in [0.25, 0.3) is 0 Å². The Hall–Kier alpha value is -0.946. The van der Waals surface area contributed by atoms with Crippen LogP contribution in [0.1, 0.15) is 118 Å². The summed E-state index contributed by atoms with van der Waals surface area (Å²) in [7, 11) is -3.73. The van der Waals surface area contributed by atoms with Crippen molar-refractivity contribution in [2.24, 2.45) is 23.2 Å². The van der Waals surface area contributed by atoms with Gasteiger partial charge in [0.15, 0.2) is 16.6 Å². The number of fused-ring (bicyclic) bond motifs is 1. The number of hydrogen-bond donors (Lipinski definition) is 0. The molecule has 0 aromatic heterocycles. The molecule has 0 unspecified atom stereocenters. The van der Waals surface area contributed by atoms with Crippen LogP contribution in [0.25, 0.3) is 0 Å². The molecule has 4 rings (SSSR count). The summed E-state index contributed by atoms with van der Waals surface area (Å²) in [6, 6.07) is 9.27. The largest absolute Gasteiger partial charge is 0.414 e. The Bertz CT molecular complexity index is 1140. The first-order valence-corrected chi connectivity index (χ1v) is 23.8. The fraction of sp³-hybridized carbons (Fsp3) is 0.750. The Morgan fingerprint density at radius 1 is 0.864 bits per heavy atom. The molecule has 3 aliphatic carbocycles. The monoisotopic (exact) mass is 636 g/mol. The standard InChI is InChI=1S/C40H68O2Si2/c1-29-16-18-31(19-17-29)25-30(2)36-22-23-37-33(15-14-24-40(36,37)9)21-20-32-26-34(41-43(10,11)38(3,4)5)28-35(27-32)42-44(12,13)39(6,7)8/h16-21,30,34-37H,14-15,22-28H2,1-13H3/b33-21+/t30-,34+,35+,36+,37-,40+/m0/s1. The van der Waals surface area contributed by atoms with E-state index in [1.54, 1.807) is 11.1 Å². The van der Waals surface area contributed by atoms with E-state index in [9.17, 15) is 0 Å². The lowest BCUT2D eigenvalue weighted by molar-refractivity contribution is 0.0725. The van der Waals surface area contributed by atoms with Gasteiger partial charge in [-0.25, -0.2) is 0 Å². The van der Waals surface area contributed by atoms with Crippen LogP contribution in [0, 0.1) is 30.1 Å². The van der Waals surface area contributed by atoms with E-state index in [-0.39, 0.29) is 22.3 Å². The van der Waals surface area contributed by atoms with E-state index >= 15 is 0 Å². The molecule has 4 heteroatoms. The Kier molecular flexibility index (Phi) is 10.8. The third-order valence-corrected chi connectivity index (χ3v) is 22.0. The molecule has 3 aliphatic rings. The predicted octanol–water partition coefficient (Wildman–Crippen LogP) is 12.2. The molecule has 3 fully saturated rings. The third kappa shape index (κ3) is 8.12. The number of benzene rings is 1. The summed E-state index contributed by atoms with van der Waals surface area (Å²) in [6.45, 7) is 31.2. The van der Waals surface area contributed by atoms with Crippen molar-refractivity contribution in [1.82, 2.24) is 0 Å². The molecule has 1 aromatic rings. The van der Waals surface area contributed by atoms with Gasteiger partial charge in [-0.05, 0) is 130 Å². The number of hydrogen-bond acceptors (Lipinski definition) is 2. The molecule has 0 amide bonds. The molecule has 0 aliphatic heterocycles. The molecule has 44 heavy (non-hydrogen) atoms. The molecule has 0 N–H and O–H groups in total. The summed E-state index contributed by atoms with van der Waals surface area (Å²) in [6.07, 6.45) is 16.8. The van der Waals surface area contributed by atoms with Crippen molar-refractivity contribution in [2.75, 3.05) is 0 Å². The Morgan fingerprint density at radius 2 is 1.41 bits per heavy atom. The average molecular weight is 637 g/mol. The first-order valence-electron chi connectivity index (χ1n) is 18.0. The molecule has 0 spiro atoms. The van der Waals surface area contributed by atoms with Gasteiger partial charge in [0.1, 0.15) is 0 Å². The molecule has 248 valence electrons. The number of allylic oxidation sites excluding steroid dienone is 3. The molecule has 0 radical (unpaired) electrons. The fourth-order valence-electron chi connectivity index (χ4n) is 8.31. The molecule has 2 nitrogen and oxygen atoms in total. The minimum absolute atomic E-state index is 0.217. The minimum Gasteiger partial charge on any atom is -0.414 e. The van der Waals surface area contributed by atoms with Gasteiger partial charge in [-0.2, -0.15) is 0 Å². The van der Waals surface area contributed by atoms with Crippen LogP contribution in [0.3, 0.4) is 0 Å². The predicted molar refractivity (Wildman–Crippen MR) is 196 cm³/mol. The van der Waals surface area contributed by atoms with Crippen molar-refractivity contribution < 1.29 is 8.85 Å². The van der Waals surface area contributed by atoms with E-state index < -0.39 is 16.6 Å². The molecular weight excluding hydrogens is 569 g/mol. The van der Waals surface area contributed by atoms with Crippen LogP contribution in [0.4, 0.5) is 0 Å². The second-order valence-electron chi connectivity index (χ2n) is 18.5. The van der Waals surface area contributed by atoms with Crippen LogP contribution in [0.2, 0.25) is 36.3 Å². The summed E-state index contributed by atoms with van der Waals surface area (Å²) in [4.78, 5) is 0. The lowest BCUT2D eigenvalue weighted by atomic mass is 9.60. The van der Waals surface area contributed by atoms with Gasteiger partial charge in [-0.1, -0.05) is 109 Å². The summed E-state index contributed by atoms with van der Waals surface area (Å²) < 4.78 is 14.2. The normalized spacial score (nSPS) is 30.4. The van der Waals surface area contributed by atoms with Gasteiger partial charge >= 0.3 is 0 Å². The van der Waals surface area contributed by atoms with Gasteiger partial charge in [0.05, 0.1) is 12.2 Å². The maximum atomic E-state index is 7.09. The Balaban J connectivity index is 1.54. The van der Waals surface area contributed by atoms with Crippen molar-refractivity contribution in [3.8, 4) is 0 Å². The summed E-state index contributed by atoms with van der Waals surface area (Å²) >= 11 is 0. The van der Waals surface area contributed by atoms with Crippen molar-refractivity contribution in [2.45, 2.75) is 169 Å². The summed E-state index contributed by atoms with van der Waals surface area (Å²) in [5.41, 5.74) is 6.57. The van der Waals surface area contributed by atoms with Crippen LogP contribution < -0.4 is 0 Å². The van der Waals surface area contributed by atoms with Gasteiger partial charge in [0.2, 0.25) is 0 Å². The zero-order valence-electron chi connectivity index (χ0n) is 31.0. The van der Waals surface area contributed by atoms with Gasteiger partial charge in [-0.3, -0.25) is 0 Å². The highest BCUT2D eigenvalue weighted by Gasteiger charge is 2.50. The zero-order valence-corrected chi connectivity index (χ0v) is 33.0. The molecule has 6 atom stereocenters. The second kappa shape index (κ2) is 13.3. The quantitative estimate of drug-likeness (QED) is 0.264. The van der Waals surface area contributed by atoms with E-state index in [0.717, 1.165) is 37.0 Å². The van der Waals surface area contributed by atoms with Crippen molar-refractivity contribution in [3.05, 3.63) is 58.7 Å². The van der Waals surface area contributed by atoms with E-state index in [1.165, 1.54) is 49.7 Å². The maximum absolute atomic E-state index is 7.09. The second-order valence-corrected chi connectivity index (χ2v) is 28.0. The van der Waals surface area contributed by atoms with E-state index in [2.05, 4.69) is 125 Å². The highest BCUT2D eigenvalue weighted by atomic mass is 28.4. The number of aryl methyl sites for hydroxylation is 1. The third-order valence-electron chi connectivity index (χ3n) is 13.0. The van der Waals surface area contributed by atoms with Crippen molar-refractivity contribution in [3.63, 3.8) is 0 Å². The molecule has 0 heterocycles. The molecule has 1 aromatic carbocycles. The first-order chi connectivity index (χ1) is 20.2. The molecule has 0 saturated heterocycles. The van der Waals surface area contributed by atoms with Crippen molar-refractivity contribution in [1.29, 1.82) is 0 Å². The zero-order chi connectivity index (χ0) is 32.7. The lowest BCUT2D eigenvalue weighted by Gasteiger charge is -2.45. The summed E-state index contributed by atoms with van der Waals surface area (Å²) in [5, 5.41) is 0.433. The smallest absolute Gasteiger partial charge is 0.192 e. The van der Waals surface area contributed by atoms with Crippen LogP contribution in [0.5, 0.6) is 0 Å². The molecular formula is C40H68O2Si2.